The second kappa shape index (κ2) is 5.32. The van der Waals surface area contributed by atoms with Crippen molar-refractivity contribution in [1.29, 1.82) is 0 Å². The van der Waals surface area contributed by atoms with E-state index < -0.39 is 0 Å². The van der Waals surface area contributed by atoms with Gasteiger partial charge in [0.2, 0.25) is 5.75 Å². The molecule has 0 saturated heterocycles. The van der Waals surface area contributed by atoms with E-state index in [-0.39, 0.29) is 0 Å². The predicted molar refractivity (Wildman–Crippen MR) is 79.0 cm³/mol. The molecule has 6 heteroatoms. The molecule has 3 aromatic rings. The zero-order valence-corrected chi connectivity index (χ0v) is 12.0. The molecule has 0 saturated carbocycles. The molecule has 1 N–H and O–H groups in total. The summed E-state index contributed by atoms with van der Waals surface area (Å²) in [5.41, 5.74) is 2.46. The second-order valence-corrected chi connectivity index (χ2v) is 4.38. The molecule has 0 bridgehead atoms. The number of ether oxygens (including phenoxy) is 3. The molecular weight excluding hydrogens is 270 g/mol. The normalized spacial score (nSPS) is 10.6. The van der Waals surface area contributed by atoms with Crippen LogP contribution in [0, 0.1) is 0 Å². The number of nitrogens with one attached hydrogen (secondary N) is 1. The highest BCUT2D eigenvalue weighted by atomic mass is 16.5. The van der Waals surface area contributed by atoms with Gasteiger partial charge in [-0.25, -0.2) is 9.97 Å². The minimum absolute atomic E-state index is 0.558. The number of nitrogens with zero attached hydrogens (tertiary/aromatic N) is 2. The highest BCUT2D eigenvalue weighted by Crippen LogP contribution is 2.41. The van der Waals surface area contributed by atoms with Crippen LogP contribution in [0.5, 0.6) is 17.2 Å². The number of H-pyrrole nitrogens is 1. The van der Waals surface area contributed by atoms with Crippen LogP contribution in [-0.4, -0.2) is 36.3 Å². The lowest BCUT2D eigenvalue weighted by Gasteiger charge is -2.14. The Morgan fingerprint density at radius 2 is 1.67 bits per heavy atom. The number of rotatable bonds is 4. The van der Waals surface area contributed by atoms with Crippen molar-refractivity contribution in [3.63, 3.8) is 0 Å². The topological polar surface area (TPSA) is 69.3 Å². The Labute approximate surface area is 121 Å². The standard InChI is InChI=1S/C15H15N3O3/c1-19-11-6-9(7-12(20-2)14(11)21-3)13-10-4-5-16-15(10)18-8-17-13/h4-8H,1-3H3,(H,16,17,18). The number of methoxy groups -OCH3 is 3. The maximum Gasteiger partial charge on any atom is 0.203 e. The second-order valence-electron chi connectivity index (χ2n) is 4.38. The fourth-order valence-corrected chi connectivity index (χ4v) is 2.32. The highest BCUT2D eigenvalue weighted by Gasteiger charge is 2.16. The van der Waals surface area contributed by atoms with Crippen molar-refractivity contribution in [1.82, 2.24) is 15.0 Å². The predicted octanol–water partition coefficient (Wildman–Crippen LogP) is 2.65. The number of aromatic amines is 1. The van der Waals surface area contributed by atoms with Crippen molar-refractivity contribution in [3.8, 4) is 28.5 Å². The molecule has 0 aliphatic rings. The van der Waals surface area contributed by atoms with Crippen LogP contribution in [0.2, 0.25) is 0 Å². The minimum Gasteiger partial charge on any atom is -0.493 e. The van der Waals surface area contributed by atoms with Gasteiger partial charge in [-0.15, -0.1) is 0 Å². The Bertz CT molecular complexity index is 758. The molecule has 6 nitrogen and oxygen atoms in total. The Hall–Kier alpha value is -2.76. The van der Waals surface area contributed by atoms with E-state index in [1.165, 1.54) is 6.33 Å². The van der Waals surface area contributed by atoms with E-state index in [0.717, 1.165) is 22.3 Å². The van der Waals surface area contributed by atoms with Crippen LogP contribution in [0.3, 0.4) is 0 Å². The number of benzene rings is 1. The molecule has 1 aromatic carbocycles. The first-order valence-corrected chi connectivity index (χ1v) is 6.37. The van der Waals surface area contributed by atoms with E-state index in [4.69, 9.17) is 14.2 Å². The van der Waals surface area contributed by atoms with E-state index in [2.05, 4.69) is 15.0 Å². The van der Waals surface area contributed by atoms with Crippen LogP contribution in [0.15, 0.2) is 30.7 Å². The monoisotopic (exact) mass is 285 g/mol. The van der Waals surface area contributed by atoms with Crippen molar-refractivity contribution < 1.29 is 14.2 Å². The zero-order chi connectivity index (χ0) is 14.8. The van der Waals surface area contributed by atoms with Gasteiger partial charge in [0.15, 0.2) is 11.5 Å². The Balaban J connectivity index is 2.25. The zero-order valence-electron chi connectivity index (χ0n) is 12.0. The molecule has 0 aliphatic carbocycles. The fraction of sp³-hybridized carbons (Fsp3) is 0.200. The summed E-state index contributed by atoms with van der Waals surface area (Å²) in [6.45, 7) is 0. The summed E-state index contributed by atoms with van der Waals surface area (Å²) in [7, 11) is 4.76. The Morgan fingerprint density at radius 3 is 2.29 bits per heavy atom. The summed E-state index contributed by atoms with van der Waals surface area (Å²) >= 11 is 0. The molecule has 108 valence electrons. The number of fused-ring (bicyclic) bond motifs is 1. The average Bonchev–Trinajstić information content (AvgIpc) is 3.01. The van der Waals surface area contributed by atoms with Gasteiger partial charge >= 0.3 is 0 Å². The van der Waals surface area contributed by atoms with Crippen molar-refractivity contribution in [3.05, 3.63) is 30.7 Å². The summed E-state index contributed by atoms with van der Waals surface area (Å²) in [6.07, 6.45) is 3.36. The van der Waals surface area contributed by atoms with E-state index in [1.807, 2.05) is 24.4 Å². The van der Waals surface area contributed by atoms with Crippen molar-refractivity contribution in [2.75, 3.05) is 21.3 Å². The number of aromatic nitrogens is 3. The third-order valence-corrected chi connectivity index (χ3v) is 3.29. The highest BCUT2D eigenvalue weighted by molar-refractivity contribution is 5.91. The fourth-order valence-electron chi connectivity index (χ4n) is 2.32. The van der Waals surface area contributed by atoms with Crippen LogP contribution < -0.4 is 14.2 Å². The summed E-state index contributed by atoms with van der Waals surface area (Å²) < 4.78 is 16.1. The van der Waals surface area contributed by atoms with Gasteiger partial charge in [-0.2, -0.15) is 0 Å². The van der Waals surface area contributed by atoms with Gasteiger partial charge in [0, 0.05) is 17.1 Å². The van der Waals surface area contributed by atoms with E-state index in [9.17, 15) is 0 Å². The van der Waals surface area contributed by atoms with Crippen LogP contribution >= 0.6 is 0 Å². The maximum absolute atomic E-state index is 5.38. The molecule has 0 amide bonds. The Kier molecular flexibility index (Phi) is 3.35. The lowest BCUT2D eigenvalue weighted by atomic mass is 10.1. The van der Waals surface area contributed by atoms with E-state index in [1.54, 1.807) is 21.3 Å². The van der Waals surface area contributed by atoms with Crippen LogP contribution in [0.4, 0.5) is 0 Å². The quantitative estimate of drug-likeness (QED) is 0.798. The number of hydrogen-bond donors (Lipinski definition) is 1. The van der Waals surface area contributed by atoms with Crippen molar-refractivity contribution >= 4 is 11.0 Å². The molecule has 0 aliphatic heterocycles. The molecule has 2 heterocycles. The van der Waals surface area contributed by atoms with Crippen LogP contribution in [0.25, 0.3) is 22.3 Å². The molecule has 3 rings (SSSR count). The third kappa shape index (κ3) is 2.14. The van der Waals surface area contributed by atoms with Crippen LogP contribution in [0.1, 0.15) is 0 Å². The first-order chi connectivity index (χ1) is 10.3. The molecule has 0 atom stereocenters. The molecule has 0 radical (unpaired) electrons. The van der Waals surface area contributed by atoms with E-state index >= 15 is 0 Å². The van der Waals surface area contributed by atoms with Gasteiger partial charge in [0.05, 0.1) is 27.0 Å². The smallest absolute Gasteiger partial charge is 0.203 e. The van der Waals surface area contributed by atoms with E-state index in [0.29, 0.717) is 17.2 Å². The van der Waals surface area contributed by atoms with Gasteiger partial charge in [0.25, 0.3) is 0 Å². The molecule has 21 heavy (non-hydrogen) atoms. The molecular formula is C15H15N3O3. The van der Waals surface area contributed by atoms with Gasteiger partial charge in [-0.1, -0.05) is 0 Å². The molecule has 0 spiro atoms. The third-order valence-electron chi connectivity index (χ3n) is 3.29. The maximum atomic E-state index is 5.38. The van der Waals surface area contributed by atoms with Crippen LogP contribution in [-0.2, 0) is 0 Å². The van der Waals surface area contributed by atoms with Gasteiger partial charge in [0.1, 0.15) is 12.0 Å². The average molecular weight is 285 g/mol. The first kappa shape index (κ1) is 13.2. The van der Waals surface area contributed by atoms with Gasteiger partial charge in [-0.3, -0.25) is 0 Å². The van der Waals surface area contributed by atoms with Crippen molar-refractivity contribution in [2.45, 2.75) is 0 Å². The first-order valence-electron chi connectivity index (χ1n) is 6.37. The summed E-state index contributed by atoms with van der Waals surface area (Å²) in [6, 6.07) is 5.68. The molecule has 2 aromatic heterocycles. The largest absolute Gasteiger partial charge is 0.493 e. The lowest BCUT2D eigenvalue weighted by Crippen LogP contribution is -1.96. The molecule has 0 unspecified atom stereocenters. The number of hydrogen-bond acceptors (Lipinski definition) is 5. The van der Waals surface area contributed by atoms with Gasteiger partial charge < -0.3 is 19.2 Å². The minimum atomic E-state index is 0.558. The lowest BCUT2D eigenvalue weighted by molar-refractivity contribution is 0.324. The molecule has 0 fully saturated rings. The summed E-state index contributed by atoms with van der Waals surface area (Å²) in [4.78, 5) is 11.6. The van der Waals surface area contributed by atoms with Crippen molar-refractivity contribution in [2.24, 2.45) is 0 Å². The Morgan fingerprint density at radius 1 is 0.952 bits per heavy atom. The summed E-state index contributed by atoms with van der Waals surface area (Å²) in [5.74, 6) is 1.74. The van der Waals surface area contributed by atoms with Gasteiger partial charge in [-0.05, 0) is 18.2 Å². The SMILES string of the molecule is COc1cc(-c2ncnc3[nH]ccc23)cc(OC)c1OC. The summed E-state index contributed by atoms with van der Waals surface area (Å²) in [5, 5.41) is 0.937.